The number of hydrogen-bond donors (Lipinski definition) is 0. The van der Waals surface area contributed by atoms with Crippen molar-refractivity contribution in [2.24, 2.45) is 4.99 Å². The van der Waals surface area contributed by atoms with Crippen molar-refractivity contribution < 1.29 is 19.0 Å². The second kappa shape index (κ2) is 9.91. The van der Waals surface area contributed by atoms with Crippen LogP contribution in [-0.4, -0.2) is 36.0 Å². The lowest BCUT2D eigenvalue weighted by atomic mass is 9.78. The third kappa shape index (κ3) is 5.01. The number of nitriles is 1. The van der Waals surface area contributed by atoms with Gasteiger partial charge in [0.1, 0.15) is 5.60 Å². The molecule has 2 heterocycles. The monoisotopic (exact) mass is 496 g/mol. The van der Waals surface area contributed by atoms with Gasteiger partial charge in [0.05, 0.1) is 42.5 Å². The van der Waals surface area contributed by atoms with Crippen molar-refractivity contribution >= 4 is 24.1 Å². The summed E-state index contributed by atoms with van der Waals surface area (Å²) >= 11 is 0. The summed E-state index contributed by atoms with van der Waals surface area (Å²) in [5.74, 6) is 1.04. The van der Waals surface area contributed by atoms with Crippen molar-refractivity contribution in [2.75, 3.05) is 13.2 Å². The van der Waals surface area contributed by atoms with E-state index in [1.54, 1.807) is 13.0 Å². The predicted molar refractivity (Wildman–Crippen MR) is 138 cm³/mol. The number of carbonyl (C=O) groups excluding carboxylic acids is 1. The predicted octanol–water partition coefficient (Wildman–Crippen LogP) is 5.64. The summed E-state index contributed by atoms with van der Waals surface area (Å²) in [6.07, 6.45) is 1.61. The molecule has 2 aliphatic heterocycles. The zero-order valence-corrected chi connectivity index (χ0v) is 22.1. The van der Waals surface area contributed by atoms with Crippen LogP contribution in [-0.2, 0) is 24.0 Å². The number of ether oxygens (including phenoxy) is 3. The first kappa shape index (κ1) is 26.6. The molecule has 0 fully saturated rings. The maximum Gasteiger partial charge on any atom is 0.338 e. The smallest absolute Gasteiger partial charge is 0.338 e. The molecule has 2 aromatic carbocycles. The molecule has 0 saturated carbocycles. The van der Waals surface area contributed by atoms with Crippen molar-refractivity contribution in [1.82, 2.24) is 0 Å². The van der Waals surface area contributed by atoms with E-state index in [2.05, 4.69) is 33.8 Å². The van der Waals surface area contributed by atoms with Crippen molar-refractivity contribution in [3.63, 3.8) is 0 Å². The van der Waals surface area contributed by atoms with E-state index in [9.17, 15) is 10.1 Å². The zero-order valence-electron chi connectivity index (χ0n) is 21.3. The van der Waals surface area contributed by atoms with Crippen LogP contribution in [0, 0.1) is 11.3 Å². The highest BCUT2D eigenvalue weighted by molar-refractivity contribution is 6.17. The summed E-state index contributed by atoms with van der Waals surface area (Å²) in [6.45, 7) is 12.8. The molecule has 0 N–H and O–H groups in total. The number of esters is 1. The van der Waals surface area contributed by atoms with Crippen LogP contribution in [0.3, 0.4) is 0 Å². The highest BCUT2D eigenvalue weighted by Gasteiger charge is 2.41. The zero-order chi connectivity index (χ0) is 24.7. The molecule has 0 unspecified atom stereocenters. The van der Waals surface area contributed by atoms with E-state index in [4.69, 9.17) is 19.2 Å². The molecule has 35 heavy (non-hydrogen) atoms. The molecule has 4 rings (SSSR count). The van der Waals surface area contributed by atoms with Crippen molar-refractivity contribution in [3.8, 4) is 17.6 Å². The Labute approximate surface area is 213 Å². The minimum atomic E-state index is -0.405. The Morgan fingerprint density at radius 2 is 1.89 bits per heavy atom. The summed E-state index contributed by atoms with van der Waals surface area (Å²) in [5.41, 5.74) is 5.38. The standard InChI is InChI=1S/C28H32N2O4.ClH/c1-7-32-24-19(12-13-29)20-15-27(3,4)30-23(22(20)21-16-28(5,6)34-25(21)24)17-10-9-11-18(14-17)26(31)33-8-2;/h9-11,14H,7-8,12,15-16H2,1-6H3;1H. The van der Waals surface area contributed by atoms with Crippen LogP contribution in [0.2, 0.25) is 0 Å². The van der Waals surface area contributed by atoms with Crippen LogP contribution in [0.4, 0.5) is 0 Å². The van der Waals surface area contributed by atoms with Gasteiger partial charge >= 0.3 is 5.97 Å². The first-order chi connectivity index (χ1) is 16.1. The normalized spacial score (nSPS) is 16.5. The molecule has 0 bridgehead atoms. The molecule has 7 heteroatoms. The maximum absolute atomic E-state index is 12.4. The topological polar surface area (TPSA) is 80.9 Å². The third-order valence-corrected chi connectivity index (χ3v) is 6.16. The molecule has 2 aromatic rings. The van der Waals surface area contributed by atoms with Crippen LogP contribution in [0.1, 0.15) is 79.7 Å². The van der Waals surface area contributed by atoms with Crippen molar-refractivity contribution in [3.05, 3.63) is 57.6 Å². The van der Waals surface area contributed by atoms with E-state index >= 15 is 0 Å². The van der Waals surface area contributed by atoms with Crippen LogP contribution in [0.5, 0.6) is 11.5 Å². The highest BCUT2D eigenvalue weighted by atomic mass is 35.5. The molecule has 0 spiro atoms. The van der Waals surface area contributed by atoms with Gasteiger partial charge in [-0.3, -0.25) is 4.99 Å². The Morgan fingerprint density at radius 3 is 2.54 bits per heavy atom. The molecule has 186 valence electrons. The summed E-state index contributed by atoms with van der Waals surface area (Å²) in [6, 6.07) is 9.76. The summed E-state index contributed by atoms with van der Waals surface area (Å²) in [7, 11) is 0. The average Bonchev–Trinajstić information content (AvgIpc) is 3.10. The Hall–Kier alpha value is -3.04. The van der Waals surface area contributed by atoms with Gasteiger partial charge in [0.15, 0.2) is 11.5 Å². The number of hydrogen-bond acceptors (Lipinski definition) is 6. The quantitative estimate of drug-likeness (QED) is 0.484. The van der Waals surface area contributed by atoms with Crippen molar-refractivity contribution in [1.29, 1.82) is 5.26 Å². The third-order valence-electron chi connectivity index (χ3n) is 6.16. The molecule has 0 atom stereocenters. The van der Waals surface area contributed by atoms with Crippen LogP contribution in [0.25, 0.3) is 0 Å². The Balaban J connectivity index is 0.00000342. The molecular formula is C28H33ClN2O4. The number of aliphatic imine (C=N–C) groups is 1. The first-order valence-corrected chi connectivity index (χ1v) is 11.9. The number of benzene rings is 2. The van der Waals surface area contributed by atoms with Gasteiger partial charge in [-0.2, -0.15) is 5.26 Å². The lowest BCUT2D eigenvalue weighted by Gasteiger charge is -2.33. The molecule has 6 nitrogen and oxygen atoms in total. The van der Waals surface area contributed by atoms with Crippen molar-refractivity contribution in [2.45, 2.75) is 71.9 Å². The molecule has 0 aromatic heterocycles. The van der Waals surface area contributed by atoms with Crippen LogP contribution in [0.15, 0.2) is 29.3 Å². The second-order valence-electron chi connectivity index (χ2n) is 10.0. The minimum absolute atomic E-state index is 0. The van der Waals surface area contributed by atoms with Gasteiger partial charge < -0.3 is 14.2 Å². The fourth-order valence-corrected chi connectivity index (χ4v) is 4.96. The van der Waals surface area contributed by atoms with E-state index in [-0.39, 0.29) is 30.3 Å². The molecule has 0 radical (unpaired) electrons. The van der Waals surface area contributed by atoms with E-state index in [1.807, 2.05) is 25.1 Å². The highest BCUT2D eigenvalue weighted by Crippen LogP contribution is 2.50. The number of nitrogens with zero attached hydrogens (tertiary/aromatic N) is 2. The summed E-state index contributed by atoms with van der Waals surface area (Å²) < 4.78 is 17.7. The number of halogens is 1. The number of rotatable bonds is 6. The van der Waals surface area contributed by atoms with Gasteiger partial charge in [0.25, 0.3) is 0 Å². The minimum Gasteiger partial charge on any atom is -0.490 e. The van der Waals surface area contributed by atoms with E-state index in [0.29, 0.717) is 43.1 Å². The van der Waals surface area contributed by atoms with Crippen LogP contribution >= 0.6 is 12.4 Å². The van der Waals surface area contributed by atoms with E-state index in [1.165, 1.54) is 0 Å². The van der Waals surface area contributed by atoms with Gasteiger partial charge in [-0.25, -0.2) is 4.79 Å². The maximum atomic E-state index is 12.4. The molecule has 0 amide bonds. The van der Waals surface area contributed by atoms with Gasteiger partial charge in [-0.1, -0.05) is 12.1 Å². The van der Waals surface area contributed by atoms with E-state index < -0.39 is 5.60 Å². The van der Waals surface area contributed by atoms with Gasteiger partial charge in [-0.05, 0) is 65.7 Å². The fraction of sp³-hybridized carbons (Fsp3) is 0.464. The molecule has 0 saturated heterocycles. The van der Waals surface area contributed by atoms with Crippen LogP contribution < -0.4 is 9.47 Å². The SMILES string of the molecule is CCOC(=O)c1cccc(C2=NC(C)(C)Cc3c(CC#N)c(OCC)c4c(c32)CC(C)(C)O4)c1.Cl. The Kier molecular flexibility index (Phi) is 7.52. The number of carbonyl (C=O) groups is 1. The number of fused-ring (bicyclic) bond motifs is 3. The second-order valence-corrected chi connectivity index (χ2v) is 10.0. The first-order valence-electron chi connectivity index (χ1n) is 11.9. The molecule has 2 aliphatic rings. The van der Waals surface area contributed by atoms with Gasteiger partial charge in [0, 0.05) is 28.7 Å². The lowest BCUT2D eigenvalue weighted by molar-refractivity contribution is 0.0526. The van der Waals surface area contributed by atoms with E-state index in [0.717, 1.165) is 33.5 Å². The lowest BCUT2D eigenvalue weighted by Crippen LogP contribution is -2.32. The molecule has 0 aliphatic carbocycles. The largest absolute Gasteiger partial charge is 0.490 e. The average molecular weight is 497 g/mol. The summed E-state index contributed by atoms with van der Waals surface area (Å²) in [5, 5.41) is 9.70. The Bertz CT molecular complexity index is 1220. The summed E-state index contributed by atoms with van der Waals surface area (Å²) in [4.78, 5) is 17.6. The molecular weight excluding hydrogens is 464 g/mol. The fourth-order valence-electron chi connectivity index (χ4n) is 4.96. The Morgan fingerprint density at radius 1 is 1.14 bits per heavy atom. The van der Waals surface area contributed by atoms with Gasteiger partial charge in [-0.15, -0.1) is 12.4 Å². The van der Waals surface area contributed by atoms with Gasteiger partial charge in [0.2, 0.25) is 0 Å².